The quantitative estimate of drug-likeness (QED) is 0.0506. The molecule has 0 atom stereocenters. The van der Waals surface area contributed by atoms with Crippen molar-refractivity contribution >= 4 is 20.8 Å². The van der Waals surface area contributed by atoms with Gasteiger partial charge < -0.3 is 8.35 Å². The van der Waals surface area contributed by atoms with Crippen LogP contribution in [0.25, 0.3) is 0 Å². The molecule has 248 valence electrons. The molecule has 0 saturated carbocycles. The van der Waals surface area contributed by atoms with Gasteiger partial charge in [-0.05, 0) is 6.42 Å². The van der Waals surface area contributed by atoms with E-state index < -0.39 is 20.8 Å². The van der Waals surface area contributed by atoms with Gasteiger partial charge in [-0.2, -0.15) is 23.3 Å². The molecule has 3 N–H and O–H groups in total. The van der Waals surface area contributed by atoms with Crippen LogP contribution < -0.4 is 80.9 Å². The van der Waals surface area contributed by atoms with Crippen LogP contribution in [-0.4, -0.2) is 37.1 Å². The Kier molecular flexibility index (Phi) is 55.6. The van der Waals surface area contributed by atoms with Gasteiger partial charge in [-0.15, -0.1) is 0 Å². The predicted molar refractivity (Wildman–Crippen MR) is 170 cm³/mol. The zero-order valence-corrected chi connectivity index (χ0v) is 34.8. The molecule has 0 aliphatic rings. The molecule has 0 radical (unpaired) electrons. The molecule has 42 heavy (non-hydrogen) atoms. The Morgan fingerprint density at radius 3 is 0.929 bits per heavy atom. The minimum Gasteiger partial charge on any atom is -1.00 e. The molecule has 0 aromatic heterocycles. The summed E-state index contributed by atoms with van der Waals surface area (Å²) >= 11 is 0. The minimum atomic E-state index is -4.67. The third-order valence-electron chi connectivity index (χ3n) is 6.58. The summed E-state index contributed by atoms with van der Waals surface area (Å²) in [5.74, 6) is 0. The number of hydrogen-bond donors (Lipinski definition) is 3. The fourth-order valence-corrected chi connectivity index (χ4v) is 4.63. The minimum absolute atomic E-state index is 0. The molecule has 0 bridgehead atoms. The normalized spacial score (nSPS) is 10.9. The average molecular weight is 681 g/mol. The van der Waals surface area contributed by atoms with Gasteiger partial charge in [-0.25, -0.2) is 4.18 Å². The zero-order chi connectivity index (χ0) is 30.8. The van der Waals surface area contributed by atoms with E-state index in [2.05, 4.69) is 25.0 Å². The molecule has 8 nitrogen and oxygen atoms in total. The van der Waals surface area contributed by atoms with Crippen LogP contribution in [0, 0.1) is 6.92 Å². The topological polar surface area (TPSA) is 138 Å². The average Bonchev–Trinajstić information content (AvgIpc) is 2.86. The number of unbranched alkanes of at least 4 members (excludes halogenated alkanes) is 24. The van der Waals surface area contributed by atoms with Crippen molar-refractivity contribution in [3.63, 3.8) is 0 Å². The second-order valence-electron chi connectivity index (χ2n) is 10.7. The van der Waals surface area contributed by atoms with Crippen LogP contribution in [-0.2, 0) is 25.0 Å². The van der Waals surface area contributed by atoms with E-state index in [0.29, 0.717) is 6.42 Å². The summed E-state index contributed by atoms with van der Waals surface area (Å²) in [6, 6.07) is 0. The van der Waals surface area contributed by atoms with E-state index in [1.807, 2.05) is 0 Å². The van der Waals surface area contributed by atoms with E-state index in [1.54, 1.807) is 0 Å². The summed E-state index contributed by atoms with van der Waals surface area (Å²) in [6.45, 7) is 8.47. The molecule has 0 aliphatic carbocycles. The number of hydrogen-bond acceptors (Lipinski definition) is 5. The summed E-state index contributed by atoms with van der Waals surface area (Å²) < 4.78 is 64.9. The third kappa shape index (κ3) is 73.7. The van der Waals surface area contributed by atoms with Crippen molar-refractivity contribution < 1.29 is 117 Å². The summed E-state index contributed by atoms with van der Waals surface area (Å²) in [5.41, 5.74) is 0. The van der Waals surface area contributed by atoms with Crippen LogP contribution in [0.4, 0.5) is 0 Å². The van der Waals surface area contributed by atoms with Gasteiger partial charge >= 0.3 is 102 Å². The van der Waals surface area contributed by atoms with E-state index in [1.165, 1.54) is 141 Å². The van der Waals surface area contributed by atoms with Crippen LogP contribution in [0.5, 0.6) is 0 Å². The smallest absolute Gasteiger partial charge is 1.00 e. The fraction of sp³-hybridized carbons (Fsp3) is 0.967. The Balaban J connectivity index is -0.000000144. The first-order valence-electron chi connectivity index (χ1n) is 16.1. The van der Waals surface area contributed by atoms with Crippen molar-refractivity contribution in [2.75, 3.05) is 6.61 Å². The molecular weight excluding hydrogens is 615 g/mol. The van der Waals surface area contributed by atoms with Crippen molar-refractivity contribution in [2.24, 2.45) is 0 Å². The second kappa shape index (κ2) is 43.4. The summed E-state index contributed by atoms with van der Waals surface area (Å²) in [6.07, 6.45) is 34.4. The number of rotatable bonds is 27. The predicted octanol–water partition coefficient (Wildman–Crippen LogP) is 4.28. The summed E-state index contributed by atoms with van der Waals surface area (Å²) in [7, 11) is -8.91. The van der Waals surface area contributed by atoms with E-state index in [4.69, 9.17) is 22.1 Å². The van der Waals surface area contributed by atoms with Gasteiger partial charge in [0.25, 0.3) is 0 Å². The maximum Gasteiger partial charge on any atom is 1.00 e. The molecule has 0 aliphatic heterocycles. The van der Waals surface area contributed by atoms with E-state index in [0.717, 1.165) is 19.3 Å². The molecule has 0 spiro atoms. The largest absolute Gasteiger partial charge is 1.00 e. The molecular formula is C30H66KNaO8S2. The Morgan fingerprint density at radius 1 is 0.500 bits per heavy atom. The molecule has 0 aromatic rings. The summed E-state index contributed by atoms with van der Waals surface area (Å²) in [4.78, 5) is 0. The molecule has 12 heteroatoms. The van der Waals surface area contributed by atoms with Crippen molar-refractivity contribution in [1.82, 2.24) is 0 Å². The van der Waals surface area contributed by atoms with Crippen LogP contribution in [0.3, 0.4) is 0 Å². The second-order valence-corrected chi connectivity index (χ2v) is 12.7. The van der Waals surface area contributed by atoms with Crippen LogP contribution in [0.2, 0.25) is 0 Å². The van der Waals surface area contributed by atoms with Crippen LogP contribution >= 0.6 is 0 Å². The molecule has 0 unspecified atom stereocenters. The van der Waals surface area contributed by atoms with Crippen LogP contribution in [0.15, 0.2) is 0 Å². The molecule has 0 rings (SSSR count). The molecule has 0 fully saturated rings. The van der Waals surface area contributed by atoms with Gasteiger partial charge in [-0.3, -0.25) is 13.7 Å². The Labute approximate surface area is 328 Å². The van der Waals surface area contributed by atoms with E-state index >= 15 is 0 Å². The molecule has 0 aromatic carbocycles. The van der Waals surface area contributed by atoms with Crippen molar-refractivity contribution in [2.45, 2.75) is 181 Å². The SMILES string of the molecule is CCCCCCCCCCCCCCCCCCOS(=O)(=O)O.O=S(=O)(O)O.[CH2-]CCCCCCCCCCC.[H-].[K+].[Na+]. The Hall–Kier alpha value is 2.38. The van der Waals surface area contributed by atoms with Gasteiger partial charge in [0.1, 0.15) is 0 Å². The van der Waals surface area contributed by atoms with Crippen molar-refractivity contribution in [3.05, 3.63) is 6.92 Å². The fourth-order valence-electron chi connectivity index (χ4n) is 4.30. The zero-order valence-electron chi connectivity index (χ0n) is 29.0. The maximum atomic E-state index is 10.3. The molecule has 0 amide bonds. The van der Waals surface area contributed by atoms with Gasteiger partial charge in [0.15, 0.2) is 0 Å². The van der Waals surface area contributed by atoms with Crippen LogP contribution in [0.1, 0.15) is 182 Å². The van der Waals surface area contributed by atoms with Crippen molar-refractivity contribution in [1.29, 1.82) is 0 Å². The Morgan fingerprint density at radius 2 is 0.714 bits per heavy atom. The third-order valence-corrected chi connectivity index (χ3v) is 7.05. The van der Waals surface area contributed by atoms with Gasteiger partial charge in [0.05, 0.1) is 6.61 Å². The standard InChI is InChI=1S/C18H38O4S.C12H25.K.Na.H2O4S.H/c1-2-3-4-5-6-7-8-9-10-11-12-13-14-15-16-17-18-22-23(19,20)21;1-3-5-7-9-11-12-10-8-6-4-2;;;1-5(2,3)4;/h2-18H2,1H3,(H,19,20,21);1,3-12H2,2H3;;;(H2,1,2,3,4);/q;-1;2*+1;;-1. The molecule has 0 saturated heterocycles. The van der Waals surface area contributed by atoms with Gasteiger partial charge in [0, 0.05) is 0 Å². The first kappa shape index (κ1) is 53.9. The van der Waals surface area contributed by atoms with Crippen molar-refractivity contribution in [3.8, 4) is 0 Å². The van der Waals surface area contributed by atoms with E-state index in [-0.39, 0.29) is 89.0 Å². The monoisotopic (exact) mass is 680 g/mol. The maximum absolute atomic E-state index is 10.3. The Bertz CT molecular complexity index is 670. The first-order chi connectivity index (χ1) is 19.0. The van der Waals surface area contributed by atoms with Gasteiger partial charge in [-0.1, -0.05) is 168 Å². The van der Waals surface area contributed by atoms with E-state index in [9.17, 15) is 8.42 Å². The first-order valence-corrected chi connectivity index (χ1v) is 18.8. The summed E-state index contributed by atoms with van der Waals surface area (Å²) in [5, 5.41) is 0. The van der Waals surface area contributed by atoms with Gasteiger partial charge in [0.2, 0.25) is 0 Å². The molecule has 0 heterocycles.